The van der Waals surface area contributed by atoms with Crippen molar-refractivity contribution in [3.05, 3.63) is 52.9 Å². The van der Waals surface area contributed by atoms with Gasteiger partial charge in [-0.3, -0.25) is 4.90 Å². The maximum Gasteiger partial charge on any atom is 0.256 e. The third-order valence-electron chi connectivity index (χ3n) is 6.02. The first-order chi connectivity index (χ1) is 13.8. The molecule has 1 saturated heterocycles. The fourth-order valence-corrected chi connectivity index (χ4v) is 5.96. The molecule has 1 aromatic carbocycles. The van der Waals surface area contributed by atoms with E-state index in [1.807, 2.05) is 0 Å². The van der Waals surface area contributed by atoms with Gasteiger partial charge in [-0.25, -0.2) is 17.2 Å². The van der Waals surface area contributed by atoms with Crippen LogP contribution >= 0.6 is 0 Å². The van der Waals surface area contributed by atoms with Crippen LogP contribution in [0.3, 0.4) is 0 Å². The maximum absolute atomic E-state index is 14.1. The number of hydrogen-bond donors (Lipinski definition) is 1. The molecule has 0 radical (unpaired) electrons. The molecule has 7 nitrogen and oxygen atoms in total. The molecule has 3 atom stereocenters. The summed E-state index contributed by atoms with van der Waals surface area (Å²) in [5, 5.41) is 3.78. The molecule has 1 aliphatic carbocycles. The molecular weight excluding hydrogens is 402 g/mol. The van der Waals surface area contributed by atoms with Crippen LogP contribution in [0.5, 0.6) is 0 Å². The van der Waals surface area contributed by atoms with Crippen molar-refractivity contribution in [2.24, 2.45) is 5.73 Å². The van der Waals surface area contributed by atoms with Crippen LogP contribution in [0.4, 0.5) is 8.78 Å². The lowest BCUT2D eigenvalue weighted by atomic mass is 9.93. The Morgan fingerprint density at radius 3 is 2.72 bits per heavy atom. The summed E-state index contributed by atoms with van der Waals surface area (Å²) in [4.78, 5) is 2.11. The summed E-state index contributed by atoms with van der Waals surface area (Å²) < 4.78 is 59.8. The largest absolute Gasteiger partial charge is 0.370 e. The van der Waals surface area contributed by atoms with Crippen LogP contribution in [0.1, 0.15) is 42.2 Å². The lowest BCUT2D eigenvalue weighted by Crippen LogP contribution is -2.48. The second-order valence-corrected chi connectivity index (χ2v) is 10.1. The first-order valence-corrected chi connectivity index (χ1v) is 11.2. The molecule has 1 saturated carbocycles. The molecule has 0 bridgehead atoms. The zero-order valence-electron chi connectivity index (χ0n) is 15.7. The molecule has 2 N–H and O–H groups in total. The zero-order valence-corrected chi connectivity index (χ0v) is 16.5. The van der Waals surface area contributed by atoms with Crippen LogP contribution in [0, 0.1) is 11.6 Å². The summed E-state index contributed by atoms with van der Waals surface area (Å²) in [6.07, 6.45) is 2.81. The molecule has 2 unspecified atom stereocenters. The normalized spacial score (nSPS) is 27.9. The molecule has 29 heavy (non-hydrogen) atoms. The van der Waals surface area contributed by atoms with Gasteiger partial charge in [0.1, 0.15) is 17.7 Å². The summed E-state index contributed by atoms with van der Waals surface area (Å²) in [5.74, 6) is -1.07. The molecular formula is C19H22F2N4O3S. The Kier molecular flexibility index (Phi) is 4.50. The highest BCUT2D eigenvalue weighted by Crippen LogP contribution is 2.36. The van der Waals surface area contributed by atoms with Crippen LogP contribution in [0.2, 0.25) is 0 Å². The van der Waals surface area contributed by atoms with Crippen molar-refractivity contribution in [3.63, 3.8) is 0 Å². The van der Waals surface area contributed by atoms with Gasteiger partial charge >= 0.3 is 0 Å². The molecule has 3 heterocycles. The standard InChI is InChI=1S/C19H22F2N4O3S/c20-12-1-4-16(21)15(5-12)19-17(22)6-13(10-28-19)24-8-11-7-23-25(18(11)9-24)29(26,27)14-2-3-14/h1,4-5,7,13-14,17,19H,2-3,6,8-10,22H2/t13?,17-,19?/m0/s1. The van der Waals surface area contributed by atoms with Crippen LogP contribution in [-0.4, -0.2) is 46.4 Å². The average molecular weight is 424 g/mol. The molecule has 0 amide bonds. The molecule has 2 aliphatic heterocycles. The fourth-order valence-electron chi connectivity index (χ4n) is 4.29. The van der Waals surface area contributed by atoms with Gasteiger partial charge in [-0.2, -0.15) is 9.19 Å². The number of halogens is 2. The Morgan fingerprint density at radius 2 is 2.00 bits per heavy atom. The summed E-state index contributed by atoms with van der Waals surface area (Å²) in [6, 6.07) is 2.73. The van der Waals surface area contributed by atoms with Crippen molar-refractivity contribution < 1.29 is 21.9 Å². The number of aromatic nitrogens is 2. The van der Waals surface area contributed by atoms with E-state index in [0.717, 1.165) is 23.8 Å². The van der Waals surface area contributed by atoms with Crippen molar-refractivity contribution in [1.29, 1.82) is 0 Å². The Hall–Kier alpha value is -1.88. The highest BCUT2D eigenvalue weighted by Gasteiger charge is 2.42. The van der Waals surface area contributed by atoms with Crippen molar-refractivity contribution >= 4 is 10.0 Å². The molecule has 10 heteroatoms. The summed E-state index contributed by atoms with van der Waals surface area (Å²) in [6.45, 7) is 1.32. The topological polar surface area (TPSA) is 90.5 Å². The first-order valence-electron chi connectivity index (χ1n) is 9.71. The monoisotopic (exact) mass is 424 g/mol. The summed E-state index contributed by atoms with van der Waals surface area (Å²) in [5.41, 5.74) is 7.98. The van der Waals surface area contributed by atoms with E-state index in [1.54, 1.807) is 6.20 Å². The van der Waals surface area contributed by atoms with Crippen LogP contribution in [0.25, 0.3) is 0 Å². The molecule has 3 aliphatic rings. The maximum atomic E-state index is 14.1. The Balaban J connectivity index is 1.30. The van der Waals surface area contributed by atoms with Gasteiger partial charge in [0.25, 0.3) is 10.0 Å². The van der Waals surface area contributed by atoms with E-state index in [0.29, 0.717) is 44.7 Å². The number of nitrogens with zero attached hydrogens (tertiary/aromatic N) is 3. The van der Waals surface area contributed by atoms with Gasteiger partial charge < -0.3 is 10.5 Å². The number of hydrogen-bond acceptors (Lipinski definition) is 6. The first kappa shape index (κ1) is 19.1. The van der Waals surface area contributed by atoms with Crippen molar-refractivity contribution in [2.45, 2.75) is 55.8 Å². The van der Waals surface area contributed by atoms with E-state index < -0.39 is 33.8 Å². The molecule has 156 valence electrons. The van der Waals surface area contributed by atoms with E-state index in [2.05, 4.69) is 10.00 Å². The molecule has 0 spiro atoms. The molecule has 1 aromatic heterocycles. The zero-order chi connectivity index (χ0) is 20.3. The lowest BCUT2D eigenvalue weighted by Gasteiger charge is -2.38. The van der Waals surface area contributed by atoms with E-state index >= 15 is 0 Å². The number of rotatable bonds is 4. The van der Waals surface area contributed by atoms with Gasteiger partial charge in [-0.05, 0) is 37.5 Å². The Labute approximate surface area is 167 Å². The summed E-state index contributed by atoms with van der Waals surface area (Å²) >= 11 is 0. The average Bonchev–Trinajstić information content (AvgIpc) is 3.35. The smallest absolute Gasteiger partial charge is 0.256 e. The van der Waals surface area contributed by atoms with E-state index in [9.17, 15) is 17.2 Å². The van der Waals surface area contributed by atoms with Crippen LogP contribution in [0.15, 0.2) is 24.4 Å². The van der Waals surface area contributed by atoms with Gasteiger partial charge in [0, 0.05) is 36.3 Å². The fraction of sp³-hybridized carbons (Fsp3) is 0.526. The van der Waals surface area contributed by atoms with Crippen LogP contribution in [-0.2, 0) is 27.8 Å². The van der Waals surface area contributed by atoms with Crippen molar-refractivity contribution in [1.82, 2.24) is 14.1 Å². The van der Waals surface area contributed by atoms with E-state index in [-0.39, 0.29) is 16.9 Å². The minimum Gasteiger partial charge on any atom is -0.370 e. The quantitative estimate of drug-likeness (QED) is 0.803. The Bertz CT molecular complexity index is 1050. The van der Waals surface area contributed by atoms with Gasteiger partial charge in [0.15, 0.2) is 0 Å². The Morgan fingerprint density at radius 1 is 1.21 bits per heavy atom. The molecule has 2 fully saturated rings. The third kappa shape index (κ3) is 3.27. The number of nitrogens with two attached hydrogens (primary N) is 1. The number of fused-ring (bicyclic) bond motifs is 1. The second kappa shape index (κ2) is 6.83. The summed E-state index contributed by atoms with van der Waals surface area (Å²) in [7, 11) is -3.42. The van der Waals surface area contributed by atoms with Crippen molar-refractivity contribution in [3.8, 4) is 0 Å². The second-order valence-electron chi connectivity index (χ2n) is 8.08. The minimum absolute atomic E-state index is 0.0395. The van der Waals surface area contributed by atoms with Gasteiger partial charge in [-0.1, -0.05) is 0 Å². The van der Waals surface area contributed by atoms with Gasteiger partial charge in [-0.15, -0.1) is 0 Å². The minimum atomic E-state index is -3.42. The van der Waals surface area contributed by atoms with Crippen molar-refractivity contribution in [2.75, 3.05) is 6.61 Å². The van der Waals surface area contributed by atoms with Crippen LogP contribution < -0.4 is 5.73 Å². The number of benzene rings is 1. The predicted molar refractivity (Wildman–Crippen MR) is 100 cm³/mol. The van der Waals surface area contributed by atoms with Gasteiger partial charge in [0.05, 0.1) is 23.7 Å². The number of ether oxygens (including phenoxy) is 1. The molecule has 5 rings (SSSR count). The molecule has 2 aromatic rings. The van der Waals surface area contributed by atoms with Gasteiger partial charge in [0.2, 0.25) is 0 Å². The third-order valence-corrected chi connectivity index (χ3v) is 8.13. The van der Waals surface area contributed by atoms with E-state index in [4.69, 9.17) is 10.5 Å². The SMILES string of the molecule is N[C@H]1CC(N2Cc3cnn(S(=O)(=O)C4CC4)c3C2)COC1c1cc(F)ccc1F. The highest BCUT2D eigenvalue weighted by atomic mass is 32.2. The lowest BCUT2D eigenvalue weighted by molar-refractivity contribution is -0.0533. The highest BCUT2D eigenvalue weighted by molar-refractivity contribution is 7.90. The van der Waals surface area contributed by atoms with E-state index in [1.165, 1.54) is 4.09 Å². The predicted octanol–water partition coefficient (Wildman–Crippen LogP) is 1.67.